The highest BCUT2D eigenvalue weighted by molar-refractivity contribution is 5.82. The number of para-hydroxylation sites is 1. The van der Waals surface area contributed by atoms with Crippen molar-refractivity contribution in [1.82, 2.24) is 4.98 Å². The molecule has 16 heavy (non-hydrogen) atoms. The number of H-pyrrole nitrogens is 1. The number of hydrogen-bond donors (Lipinski definition) is 1. The van der Waals surface area contributed by atoms with Crippen molar-refractivity contribution in [2.75, 3.05) is 6.61 Å². The summed E-state index contributed by atoms with van der Waals surface area (Å²) >= 11 is 0. The molecule has 0 aliphatic heterocycles. The molecular formula is C13H15NO2. The molecule has 2 aromatic rings. The van der Waals surface area contributed by atoms with Gasteiger partial charge in [0.1, 0.15) is 0 Å². The fourth-order valence-corrected chi connectivity index (χ4v) is 1.84. The number of aromatic nitrogens is 1. The van der Waals surface area contributed by atoms with E-state index in [-0.39, 0.29) is 5.97 Å². The van der Waals surface area contributed by atoms with Crippen molar-refractivity contribution >= 4 is 16.9 Å². The van der Waals surface area contributed by atoms with Crippen LogP contribution in [0, 0.1) is 0 Å². The fraction of sp³-hybridized carbons (Fsp3) is 0.308. The molecule has 1 heterocycles. The molecule has 1 N–H and O–H groups in total. The van der Waals surface area contributed by atoms with Crippen LogP contribution in [0.15, 0.2) is 30.5 Å². The predicted octanol–water partition coefficient (Wildman–Crippen LogP) is 2.66. The van der Waals surface area contributed by atoms with Crippen LogP contribution in [0.5, 0.6) is 0 Å². The Bertz CT molecular complexity index is 487. The summed E-state index contributed by atoms with van der Waals surface area (Å²) in [7, 11) is 0. The van der Waals surface area contributed by atoms with Gasteiger partial charge in [-0.25, -0.2) is 0 Å². The van der Waals surface area contributed by atoms with Crippen molar-refractivity contribution in [3.8, 4) is 0 Å². The Morgan fingerprint density at radius 1 is 1.38 bits per heavy atom. The summed E-state index contributed by atoms with van der Waals surface area (Å²) < 4.78 is 4.91. The van der Waals surface area contributed by atoms with Crippen LogP contribution in [-0.4, -0.2) is 17.6 Å². The van der Waals surface area contributed by atoms with Gasteiger partial charge in [0, 0.05) is 18.6 Å². The summed E-state index contributed by atoms with van der Waals surface area (Å²) in [6.07, 6.45) is 3.73. The highest BCUT2D eigenvalue weighted by Crippen LogP contribution is 2.18. The number of aromatic amines is 1. The van der Waals surface area contributed by atoms with Gasteiger partial charge in [0.2, 0.25) is 0 Å². The monoisotopic (exact) mass is 217 g/mol. The first-order valence-corrected chi connectivity index (χ1v) is 5.46. The largest absolute Gasteiger partial charge is 0.466 e. The van der Waals surface area contributed by atoms with E-state index in [0.717, 1.165) is 12.8 Å². The minimum atomic E-state index is -0.210. The van der Waals surface area contributed by atoms with Crippen LogP contribution in [0.4, 0.5) is 0 Å². The molecule has 0 fully saturated rings. The molecule has 1 aromatic heterocycles. The van der Waals surface area contributed by atoms with E-state index in [4.69, 9.17) is 4.74 Å². The van der Waals surface area contributed by atoms with Gasteiger partial charge in [-0.1, -0.05) is 18.2 Å². The van der Waals surface area contributed by atoms with Crippen molar-refractivity contribution < 1.29 is 9.53 Å². The molecule has 2 rings (SSSR count). The van der Waals surface area contributed by atoms with Crippen molar-refractivity contribution in [3.63, 3.8) is 0 Å². The van der Waals surface area contributed by atoms with E-state index in [9.17, 15) is 4.79 Å². The zero-order valence-electron chi connectivity index (χ0n) is 9.32. The molecule has 0 bridgehead atoms. The van der Waals surface area contributed by atoms with Gasteiger partial charge >= 0.3 is 5.97 Å². The Morgan fingerprint density at radius 2 is 2.25 bits per heavy atom. The van der Waals surface area contributed by atoms with E-state index in [0.29, 0.717) is 6.61 Å². The van der Waals surface area contributed by atoms with Crippen molar-refractivity contribution in [3.05, 3.63) is 36.0 Å². The zero-order chi connectivity index (χ0) is 11.4. The second-order valence-corrected chi connectivity index (χ2v) is 3.80. The van der Waals surface area contributed by atoms with Crippen LogP contribution in [0.2, 0.25) is 0 Å². The molecule has 0 spiro atoms. The van der Waals surface area contributed by atoms with Crippen molar-refractivity contribution in [2.45, 2.75) is 19.8 Å². The summed E-state index contributed by atoms with van der Waals surface area (Å²) in [5.74, 6) is -0.210. The number of nitrogens with one attached hydrogen (secondary N) is 1. The van der Waals surface area contributed by atoms with E-state index in [1.165, 1.54) is 23.4 Å². The van der Waals surface area contributed by atoms with Gasteiger partial charge in [-0.3, -0.25) is 4.79 Å². The Labute approximate surface area is 94.4 Å². The molecule has 84 valence electrons. The van der Waals surface area contributed by atoms with Crippen LogP contribution in [-0.2, 0) is 16.0 Å². The van der Waals surface area contributed by atoms with Crippen LogP contribution >= 0.6 is 0 Å². The third kappa shape index (κ3) is 2.42. The summed E-state index contributed by atoms with van der Waals surface area (Å²) in [6, 6.07) is 8.30. The van der Waals surface area contributed by atoms with E-state index in [1.54, 1.807) is 0 Å². The summed E-state index contributed by atoms with van der Waals surface area (Å²) in [5, 5.41) is 1.23. The molecule has 0 unspecified atom stereocenters. The molecule has 3 heteroatoms. The number of fused-ring (bicyclic) bond motifs is 1. The number of hydrogen-bond acceptors (Lipinski definition) is 2. The van der Waals surface area contributed by atoms with Crippen LogP contribution in [0.3, 0.4) is 0 Å². The van der Waals surface area contributed by atoms with E-state index in [2.05, 4.69) is 29.2 Å². The topological polar surface area (TPSA) is 42.1 Å². The maximum atomic E-state index is 10.6. The molecule has 0 saturated carbocycles. The molecule has 0 amide bonds. The Balaban J connectivity index is 1.98. The molecule has 0 radical (unpaired) electrons. The van der Waals surface area contributed by atoms with Gasteiger partial charge in [0.15, 0.2) is 0 Å². The number of aryl methyl sites for hydroxylation is 1. The quantitative estimate of drug-likeness (QED) is 0.632. The highest BCUT2D eigenvalue weighted by atomic mass is 16.5. The number of ether oxygens (including phenoxy) is 1. The number of carbonyl (C=O) groups is 1. The van der Waals surface area contributed by atoms with Gasteiger partial charge in [-0.15, -0.1) is 0 Å². The first-order valence-electron chi connectivity index (χ1n) is 5.46. The molecule has 3 nitrogen and oxygen atoms in total. The lowest BCUT2D eigenvalue weighted by Gasteiger charge is -2.04. The van der Waals surface area contributed by atoms with Crippen molar-refractivity contribution in [2.24, 2.45) is 0 Å². The zero-order valence-corrected chi connectivity index (χ0v) is 9.32. The third-order valence-electron chi connectivity index (χ3n) is 2.57. The van der Waals surface area contributed by atoms with Gasteiger partial charge in [-0.2, -0.15) is 0 Å². The van der Waals surface area contributed by atoms with E-state index >= 15 is 0 Å². The second kappa shape index (κ2) is 4.84. The van der Waals surface area contributed by atoms with Gasteiger partial charge in [-0.05, 0) is 29.9 Å². The highest BCUT2D eigenvalue weighted by Gasteiger charge is 2.01. The average Bonchev–Trinajstić information content (AvgIpc) is 2.72. The maximum absolute atomic E-state index is 10.6. The van der Waals surface area contributed by atoms with Gasteiger partial charge in [0.05, 0.1) is 6.61 Å². The normalized spacial score (nSPS) is 10.6. The summed E-state index contributed by atoms with van der Waals surface area (Å²) in [5.41, 5.74) is 2.46. The lowest BCUT2D eigenvalue weighted by atomic mass is 10.1. The first-order chi connectivity index (χ1) is 7.77. The van der Waals surface area contributed by atoms with Crippen molar-refractivity contribution in [1.29, 1.82) is 0 Å². The molecule has 0 saturated heterocycles. The number of rotatable bonds is 4. The Morgan fingerprint density at radius 3 is 3.06 bits per heavy atom. The lowest BCUT2D eigenvalue weighted by molar-refractivity contribution is -0.141. The van der Waals surface area contributed by atoms with Gasteiger partial charge < -0.3 is 9.72 Å². The summed E-state index contributed by atoms with van der Waals surface area (Å²) in [6.45, 7) is 1.93. The van der Waals surface area contributed by atoms with E-state index < -0.39 is 0 Å². The molecule has 1 aromatic carbocycles. The maximum Gasteiger partial charge on any atom is 0.302 e. The minimum Gasteiger partial charge on any atom is -0.466 e. The number of benzene rings is 1. The second-order valence-electron chi connectivity index (χ2n) is 3.80. The lowest BCUT2D eigenvalue weighted by Crippen LogP contribution is -2.01. The molecule has 0 aliphatic rings. The SMILES string of the molecule is CC(=O)OCCCc1cccc2cc[nH]c12. The standard InChI is InChI=1S/C13H15NO2/c1-10(15)16-9-3-6-11-4-2-5-12-7-8-14-13(11)12/h2,4-5,7-8,14H,3,6,9H2,1H3. The minimum absolute atomic E-state index is 0.210. The van der Waals surface area contributed by atoms with E-state index in [1.807, 2.05) is 6.20 Å². The third-order valence-corrected chi connectivity index (χ3v) is 2.57. The number of carbonyl (C=O) groups excluding carboxylic acids is 1. The molecular weight excluding hydrogens is 202 g/mol. The first kappa shape index (κ1) is 10.7. The van der Waals surface area contributed by atoms with Gasteiger partial charge in [0.25, 0.3) is 0 Å². The summed E-state index contributed by atoms with van der Waals surface area (Å²) in [4.78, 5) is 13.8. The average molecular weight is 217 g/mol. The van der Waals surface area contributed by atoms with Crippen LogP contribution < -0.4 is 0 Å². The fourth-order valence-electron chi connectivity index (χ4n) is 1.84. The molecule has 0 aliphatic carbocycles. The van der Waals surface area contributed by atoms with Crippen LogP contribution in [0.1, 0.15) is 18.9 Å². The number of esters is 1. The Kier molecular flexibility index (Phi) is 3.25. The predicted molar refractivity (Wildman–Crippen MR) is 63.3 cm³/mol. The smallest absolute Gasteiger partial charge is 0.302 e. The van der Waals surface area contributed by atoms with Crippen LogP contribution in [0.25, 0.3) is 10.9 Å². The molecule has 0 atom stereocenters. The Hall–Kier alpha value is -1.77.